The minimum atomic E-state index is -1.63. The Labute approximate surface area is 230 Å². The van der Waals surface area contributed by atoms with E-state index < -0.39 is 83.5 Å². The molecule has 0 radical (unpaired) electrons. The molecule has 16 heteroatoms. The Morgan fingerprint density at radius 2 is 1.57 bits per heavy atom. The van der Waals surface area contributed by atoms with E-state index in [0.717, 1.165) is 13.2 Å². The van der Waals surface area contributed by atoms with Crippen molar-refractivity contribution in [1.82, 2.24) is 16.0 Å². The van der Waals surface area contributed by atoms with Gasteiger partial charge in [-0.1, -0.05) is 0 Å². The van der Waals surface area contributed by atoms with Crippen molar-refractivity contribution in [1.29, 1.82) is 0 Å². The second-order valence-electron chi connectivity index (χ2n) is 10.8. The molecule has 0 spiro atoms. The van der Waals surface area contributed by atoms with Gasteiger partial charge in [-0.3, -0.25) is 15.4 Å². The smallest absolute Gasteiger partial charge is 0.478 e. The number of cyclic esters (lactones) is 2. The van der Waals surface area contributed by atoms with Gasteiger partial charge in [0.1, 0.15) is 23.9 Å². The number of guanidine groups is 1. The van der Waals surface area contributed by atoms with E-state index >= 15 is 0 Å². The maximum Gasteiger partial charge on any atom is 0.508 e. The third kappa shape index (κ3) is 9.91. The van der Waals surface area contributed by atoms with Crippen molar-refractivity contribution in [2.24, 2.45) is 4.99 Å². The van der Waals surface area contributed by atoms with Crippen molar-refractivity contribution in [3.8, 4) is 0 Å². The van der Waals surface area contributed by atoms with Crippen LogP contribution in [0.4, 0.5) is 14.4 Å². The highest BCUT2D eigenvalue weighted by Crippen LogP contribution is 2.27. The molecule has 3 amide bonds. The summed E-state index contributed by atoms with van der Waals surface area (Å²) in [5.74, 6) is -2.43. The SMILES string of the molecule is COC(=O)C1=C[C@H](N=C(NC(=O)OC(C)(C)C)NC(=O)OC(C)(C)C)[C@@H](NC(C)=O)C([C@H](O)[C@H]2COC(=O)O2)O1. The van der Waals surface area contributed by atoms with Gasteiger partial charge in [-0.25, -0.2) is 24.2 Å². The molecule has 0 aliphatic carbocycles. The van der Waals surface area contributed by atoms with Gasteiger partial charge in [0.05, 0.1) is 19.2 Å². The minimum Gasteiger partial charge on any atom is -0.478 e. The maximum atomic E-state index is 12.5. The van der Waals surface area contributed by atoms with Crippen LogP contribution in [0.2, 0.25) is 0 Å². The topological polar surface area (TPSA) is 209 Å². The summed E-state index contributed by atoms with van der Waals surface area (Å²) < 4.78 is 30.5. The number of aliphatic hydroxyl groups excluding tert-OH is 1. The number of rotatable bonds is 5. The van der Waals surface area contributed by atoms with Crippen LogP contribution in [0, 0.1) is 0 Å². The first kappa shape index (κ1) is 32.1. The van der Waals surface area contributed by atoms with Gasteiger partial charge in [-0.05, 0) is 47.6 Å². The van der Waals surface area contributed by atoms with E-state index in [1.807, 2.05) is 0 Å². The molecular weight excluding hydrogens is 536 g/mol. The number of methoxy groups -OCH3 is 1. The number of esters is 1. The van der Waals surface area contributed by atoms with Crippen LogP contribution in [-0.4, -0.2) is 96.6 Å². The molecule has 16 nitrogen and oxygen atoms in total. The molecule has 4 N–H and O–H groups in total. The van der Waals surface area contributed by atoms with Gasteiger partial charge in [0.15, 0.2) is 12.2 Å². The highest BCUT2D eigenvalue weighted by Gasteiger charge is 2.47. The number of carbonyl (C=O) groups is 5. The summed E-state index contributed by atoms with van der Waals surface area (Å²) in [7, 11) is 1.09. The zero-order chi connectivity index (χ0) is 30.4. The average molecular weight is 573 g/mol. The van der Waals surface area contributed by atoms with Gasteiger partial charge in [0.2, 0.25) is 17.6 Å². The van der Waals surface area contributed by atoms with Crippen LogP contribution in [0.3, 0.4) is 0 Å². The fraction of sp³-hybridized carbons (Fsp3) is 0.667. The standard InChI is InChI=1S/C24H36N4O12/c1-11(29)25-15-12(9-13(18(31)35-8)37-17(15)16(30)14-10-36-22(34)38-14)26-19(27-20(32)39-23(2,3)4)28-21(33)40-24(5,6)7/h9,12,14-17,30H,10H2,1-8H3,(H,25,29)(H2,26,27,28,32,33)/t12-,14+,15+,16+,17?/m0/s1. The number of ether oxygens (including phenoxy) is 6. The molecule has 0 aromatic carbocycles. The predicted octanol–water partition coefficient (Wildman–Crippen LogP) is 0.617. The second-order valence-corrected chi connectivity index (χ2v) is 10.8. The molecule has 2 heterocycles. The summed E-state index contributed by atoms with van der Waals surface area (Å²) in [4.78, 5) is 65.4. The molecule has 1 unspecified atom stereocenters. The van der Waals surface area contributed by atoms with Crippen molar-refractivity contribution in [3.63, 3.8) is 0 Å². The number of carbonyl (C=O) groups excluding carboxylic acids is 5. The molecule has 2 aliphatic rings. The second kappa shape index (κ2) is 12.8. The summed E-state index contributed by atoms with van der Waals surface area (Å²) in [5.41, 5.74) is -1.82. The first-order valence-corrected chi connectivity index (χ1v) is 12.2. The van der Waals surface area contributed by atoms with Crippen LogP contribution >= 0.6 is 0 Å². The zero-order valence-electron chi connectivity index (χ0n) is 23.6. The van der Waals surface area contributed by atoms with E-state index in [-0.39, 0.29) is 6.61 Å². The van der Waals surface area contributed by atoms with Gasteiger partial charge in [0, 0.05) is 6.92 Å². The maximum absolute atomic E-state index is 12.5. The molecule has 224 valence electrons. The number of hydrogen-bond donors (Lipinski definition) is 4. The average Bonchev–Trinajstić information content (AvgIpc) is 3.22. The molecule has 40 heavy (non-hydrogen) atoms. The predicted molar refractivity (Wildman–Crippen MR) is 135 cm³/mol. The lowest BCUT2D eigenvalue weighted by Gasteiger charge is -2.38. The Bertz CT molecular complexity index is 1030. The summed E-state index contributed by atoms with van der Waals surface area (Å²) >= 11 is 0. The van der Waals surface area contributed by atoms with Gasteiger partial charge >= 0.3 is 24.3 Å². The number of aliphatic imine (C=N–C) groups is 1. The normalized spacial score (nSPS) is 23.1. The number of aliphatic hydroxyl groups is 1. The summed E-state index contributed by atoms with van der Waals surface area (Å²) in [6.07, 6.45) is -6.14. The molecule has 0 aromatic heterocycles. The van der Waals surface area contributed by atoms with Crippen molar-refractivity contribution in [3.05, 3.63) is 11.8 Å². The number of alkyl carbamates (subject to hydrolysis) is 2. The van der Waals surface area contributed by atoms with Gasteiger partial charge in [0.25, 0.3) is 0 Å². The van der Waals surface area contributed by atoms with Crippen molar-refractivity contribution in [2.75, 3.05) is 13.7 Å². The molecule has 1 saturated heterocycles. The largest absolute Gasteiger partial charge is 0.508 e. The summed E-state index contributed by atoms with van der Waals surface area (Å²) in [5, 5.41) is 18.2. The zero-order valence-corrected chi connectivity index (χ0v) is 23.6. The van der Waals surface area contributed by atoms with Gasteiger partial charge < -0.3 is 38.8 Å². The van der Waals surface area contributed by atoms with Crippen LogP contribution in [0.5, 0.6) is 0 Å². The van der Waals surface area contributed by atoms with Crippen LogP contribution in [0.1, 0.15) is 48.5 Å². The quantitative estimate of drug-likeness (QED) is 0.155. The molecule has 2 rings (SSSR count). The lowest BCUT2D eigenvalue weighted by molar-refractivity contribution is -0.147. The molecule has 0 saturated carbocycles. The summed E-state index contributed by atoms with van der Waals surface area (Å²) in [6, 6.07) is -2.50. The third-order valence-electron chi connectivity index (χ3n) is 4.91. The van der Waals surface area contributed by atoms with E-state index in [9.17, 15) is 29.1 Å². The lowest BCUT2D eigenvalue weighted by Crippen LogP contribution is -2.60. The Hall–Kier alpha value is -4.08. The molecule has 0 bridgehead atoms. The van der Waals surface area contributed by atoms with E-state index in [0.29, 0.717) is 0 Å². The van der Waals surface area contributed by atoms with Crippen molar-refractivity contribution in [2.45, 2.75) is 90.1 Å². The highest BCUT2D eigenvalue weighted by atomic mass is 16.8. The van der Waals surface area contributed by atoms with Crippen LogP contribution in [-0.2, 0) is 38.0 Å². The van der Waals surface area contributed by atoms with Crippen LogP contribution < -0.4 is 16.0 Å². The molecule has 5 atom stereocenters. The van der Waals surface area contributed by atoms with Crippen LogP contribution in [0.25, 0.3) is 0 Å². The Morgan fingerprint density at radius 1 is 1.02 bits per heavy atom. The van der Waals surface area contributed by atoms with Crippen molar-refractivity contribution < 1.29 is 57.5 Å². The van der Waals surface area contributed by atoms with Crippen molar-refractivity contribution >= 4 is 36.2 Å². The van der Waals surface area contributed by atoms with E-state index in [2.05, 4.69) is 20.9 Å². The Morgan fingerprint density at radius 3 is 2.00 bits per heavy atom. The minimum absolute atomic E-state index is 0.330. The fourth-order valence-electron chi connectivity index (χ4n) is 3.50. The monoisotopic (exact) mass is 572 g/mol. The Balaban J connectivity index is 2.56. The number of nitrogens with one attached hydrogen (secondary N) is 3. The van der Waals surface area contributed by atoms with Gasteiger partial charge in [-0.15, -0.1) is 0 Å². The van der Waals surface area contributed by atoms with Crippen LogP contribution in [0.15, 0.2) is 16.8 Å². The lowest BCUT2D eigenvalue weighted by atomic mass is 9.92. The molecular formula is C24H36N4O12. The molecule has 0 aromatic rings. The molecule has 1 fully saturated rings. The first-order chi connectivity index (χ1) is 18.4. The Kier molecular flexibility index (Phi) is 10.3. The molecule has 2 aliphatic heterocycles. The number of nitrogens with zero attached hydrogens (tertiary/aromatic N) is 1. The summed E-state index contributed by atoms with van der Waals surface area (Å²) in [6.45, 7) is 10.6. The number of hydrogen-bond acceptors (Lipinski definition) is 13. The first-order valence-electron chi connectivity index (χ1n) is 12.2. The highest BCUT2D eigenvalue weighted by molar-refractivity contribution is 6.01. The third-order valence-corrected chi connectivity index (χ3v) is 4.91. The number of amides is 3. The van der Waals surface area contributed by atoms with Gasteiger partial charge in [-0.2, -0.15) is 0 Å². The van der Waals surface area contributed by atoms with E-state index in [1.54, 1.807) is 41.5 Å². The van der Waals surface area contributed by atoms with E-state index in [1.165, 1.54) is 6.92 Å². The fourth-order valence-corrected chi connectivity index (χ4v) is 3.50. The van der Waals surface area contributed by atoms with E-state index in [4.69, 9.17) is 28.4 Å².